The molecule has 0 heterocycles. The molecule has 5 heteroatoms. The molecule has 0 saturated heterocycles. The molecule has 82 valence electrons. The van der Waals surface area contributed by atoms with Gasteiger partial charge in [-0.1, -0.05) is 12.1 Å². The Morgan fingerprint density at radius 1 is 1.20 bits per heavy atom. The molecule has 1 aromatic rings. The normalized spacial score (nSPS) is 9.80. The second-order valence-electron chi connectivity index (χ2n) is 2.20. The Bertz CT molecular complexity index is 321. The highest BCUT2D eigenvalue weighted by Gasteiger charge is 2.31. The molecular formula is C10H9F3O2. The summed E-state index contributed by atoms with van der Waals surface area (Å²) in [4.78, 5) is 10.3. The highest BCUT2D eigenvalue weighted by Crippen LogP contribution is 2.24. The summed E-state index contributed by atoms with van der Waals surface area (Å²) in [5.74, 6) is -0.481. The number of hydrogen-bond acceptors (Lipinski definition) is 2. The minimum Gasteiger partial charge on any atom is -0.405 e. The zero-order chi connectivity index (χ0) is 11.9. The van der Waals surface area contributed by atoms with Crippen molar-refractivity contribution in [1.82, 2.24) is 0 Å². The summed E-state index contributed by atoms with van der Waals surface area (Å²) in [5, 5.41) is 0. The van der Waals surface area contributed by atoms with Crippen molar-refractivity contribution in [2.45, 2.75) is 6.36 Å². The van der Waals surface area contributed by atoms with Crippen LogP contribution in [0.4, 0.5) is 13.2 Å². The van der Waals surface area contributed by atoms with E-state index in [1.54, 1.807) is 0 Å². The summed E-state index contributed by atoms with van der Waals surface area (Å²) >= 11 is 0. The van der Waals surface area contributed by atoms with Gasteiger partial charge in [-0.15, -0.1) is 26.3 Å². The molecule has 15 heavy (non-hydrogen) atoms. The molecular weight excluding hydrogens is 209 g/mol. The van der Waals surface area contributed by atoms with Crippen molar-refractivity contribution in [3.63, 3.8) is 0 Å². The molecule has 0 bridgehead atoms. The summed E-state index contributed by atoms with van der Waals surface area (Å²) in [7, 11) is 0. The van der Waals surface area contributed by atoms with Gasteiger partial charge in [-0.05, 0) is 12.1 Å². The van der Waals surface area contributed by atoms with Gasteiger partial charge in [0.15, 0.2) is 6.29 Å². The van der Waals surface area contributed by atoms with E-state index in [4.69, 9.17) is 0 Å². The number of carbonyl (C=O) groups excluding carboxylic acids is 1. The maximum Gasteiger partial charge on any atom is 0.573 e. The smallest absolute Gasteiger partial charge is 0.405 e. The number of alkyl halides is 3. The maximum absolute atomic E-state index is 11.7. The first-order chi connectivity index (χ1) is 7.03. The van der Waals surface area contributed by atoms with Gasteiger partial charge in [0.25, 0.3) is 0 Å². The van der Waals surface area contributed by atoms with Gasteiger partial charge in [-0.25, -0.2) is 0 Å². The van der Waals surface area contributed by atoms with E-state index >= 15 is 0 Å². The third-order valence-corrected chi connectivity index (χ3v) is 1.27. The van der Waals surface area contributed by atoms with E-state index in [-0.39, 0.29) is 5.56 Å². The minimum atomic E-state index is -4.76. The van der Waals surface area contributed by atoms with E-state index in [0.717, 1.165) is 6.07 Å². The Morgan fingerprint density at radius 2 is 1.73 bits per heavy atom. The van der Waals surface area contributed by atoms with E-state index in [1.165, 1.54) is 18.2 Å². The van der Waals surface area contributed by atoms with E-state index in [9.17, 15) is 18.0 Å². The van der Waals surface area contributed by atoms with Crippen LogP contribution in [0.3, 0.4) is 0 Å². The van der Waals surface area contributed by atoms with Crippen LogP contribution in [0.1, 0.15) is 10.4 Å². The van der Waals surface area contributed by atoms with Crippen LogP contribution in [0.2, 0.25) is 0 Å². The molecule has 0 fully saturated rings. The fraction of sp³-hybridized carbons (Fsp3) is 0.100. The average Bonchev–Trinajstić information content (AvgIpc) is 2.19. The molecule has 0 unspecified atom stereocenters. The Labute approximate surface area is 85.0 Å². The van der Waals surface area contributed by atoms with Crippen molar-refractivity contribution in [1.29, 1.82) is 0 Å². The van der Waals surface area contributed by atoms with Gasteiger partial charge in [0.05, 0.1) is 5.56 Å². The molecule has 0 aliphatic heterocycles. The lowest BCUT2D eigenvalue weighted by Crippen LogP contribution is -2.17. The molecule has 0 aromatic heterocycles. The predicted molar refractivity (Wildman–Crippen MR) is 49.8 cm³/mol. The van der Waals surface area contributed by atoms with Gasteiger partial charge in [0, 0.05) is 0 Å². The van der Waals surface area contributed by atoms with Gasteiger partial charge in [0.2, 0.25) is 0 Å². The summed E-state index contributed by atoms with van der Waals surface area (Å²) in [6.07, 6.45) is -4.46. The van der Waals surface area contributed by atoms with Crippen molar-refractivity contribution >= 4 is 6.29 Å². The van der Waals surface area contributed by atoms with Gasteiger partial charge in [0.1, 0.15) is 5.75 Å². The Hall–Kier alpha value is -1.78. The molecule has 0 atom stereocenters. The van der Waals surface area contributed by atoms with Crippen molar-refractivity contribution in [2.24, 2.45) is 0 Å². The predicted octanol–water partition coefficient (Wildman–Crippen LogP) is 3.20. The number of rotatable bonds is 2. The van der Waals surface area contributed by atoms with Crippen LogP contribution in [-0.2, 0) is 0 Å². The Balaban J connectivity index is 0.000000921. The van der Waals surface area contributed by atoms with E-state index < -0.39 is 12.1 Å². The standard InChI is InChI=1S/C8H5F3O2.C2H4/c9-8(10,11)13-7-4-2-1-3-6(7)5-12;1-2/h1-5H;1-2H2. The second kappa shape index (κ2) is 5.85. The third-order valence-electron chi connectivity index (χ3n) is 1.27. The van der Waals surface area contributed by atoms with Gasteiger partial charge in [-0.2, -0.15) is 0 Å². The lowest BCUT2D eigenvalue weighted by Gasteiger charge is -2.09. The van der Waals surface area contributed by atoms with Crippen molar-refractivity contribution in [2.75, 3.05) is 0 Å². The second-order valence-corrected chi connectivity index (χ2v) is 2.20. The summed E-state index contributed by atoms with van der Waals surface area (Å²) in [6, 6.07) is 5.13. The molecule has 0 radical (unpaired) electrons. The number of aldehydes is 1. The quantitative estimate of drug-likeness (QED) is 0.562. The van der Waals surface area contributed by atoms with E-state index in [0.29, 0.717) is 6.29 Å². The topological polar surface area (TPSA) is 26.3 Å². The zero-order valence-corrected chi connectivity index (χ0v) is 7.75. The number of halogens is 3. The fourth-order valence-electron chi connectivity index (χ4n) is 0.796. The van der Waals surface area contributed by atoms with Crippen LogP contribution < -0.4 is 4.74 Å². The monoisotopic (exact) mass is 218 g/mol. The number of para-hydroxylation sites is 1. The lowest BCUT2D eigenvalue weighted by atomic mass is 10.2. The molecule has 0 saturated carbocycles. The van der Waals surface area contributed by atoms with Crippen molar-refractivity contribution < 1.29 is 22.7 Å². The van der Waals surface area contributed by atoms with Crippen molar-refractivity contribution in [3.05, 3.63) is 43.0 Å². The van der Waals surface area contributed by atoms with Gasteiger partial charge >= 0.3 is 6.36 Å². The Morgan fingerprint density at radius 3 is 2.20 bits per heavy atom. The van der Waals surface area contributed by atoms with Crippen molar-refractivity contribution in [3.8, 4) is 5.75 Å². The third kappa shape index (κ3) is 4.85. The van der Waals surface area contributed by atoms with Crippen LogP contribution in [0.5, 0.6) is 5.75 Å². The maximum atomic E-state index is 11.7. The number of benzene rings is 1. The van der Waals surface area contributed by atoms with Crippen LogP contribution in [0.15, 0.2) is 37.4 Å². The molecule has 0 amide bonds. The molecule has 0 N–H and O–H groups in total. The number of ether oxygens (including phenoxy) is 1. The van der Waals surface area contributed by atoms with Crippen LogP contribution >= 0.6 is 0 Å². The highest BCUT2D eigenvalue weighted by atomic mass is 19.4. The summed E-state index contributed by atoms with van der Waals surface area (Å²) < 4.78 is 38.8. The zero-order valence-electron chi connectivity index (χ0n) is 7.75. The van der Waals surface area contributed by atoms with Crippen LogP contribution in [-0.4, -0.2) is 12.6 Å². The Kier molecular flexibility index (Phi) is 5.15. The summed E-state index contributed by atoms with van der Waals surface area (Å²) in [6.45, 7) is 6.00. The first-order valence-electron chi connectivity index (χ1n) is 3.83. The molecule has 2 nitrogen and oxygen atoms in total. The van der Waals surface area contributed by atoms with E-state index in [1.807, 2.05) is 0 Å². The number of carbonyl (C=O) groups is 1. The molecule has 0 aliphatic rings. The lowest BCUT2D eigenvalue weighted by molar-refractivity contribution is -0.274. The molecule has 1 rings (SSSR count). The van der Waals surface area contributed by atoms with Crippen LogP contribution in [0.25, 0.3) is 0 Å². The number of hydrogen-bond donors (Lipinski definition) is 0. The SMILES string of the molecule is C=C.O=Cc1ccccc1OC(F)(F)F. The largest absolute Gasteiger partial charge is 0.573 e. The van der Waals surface area contributed by atoms with Gasteiger partial charge in [-0.3, -0.25) is 4.79 Å². The molecule has 1 aromatic carbocycles. The molecule has 0 aliphatic carbocycles. The fourth-order valence-corrected chi connectivity index (χ4v) is 0.796. The minimum absolute atomic E-state index is 0.125. The van der Waals surface area contributed by atoms with E-state index in [2.05, 4.69) is 17.9 Å². The first kappa shape index (κ1) is 13.2. The van der Waals surface area contributed by atoms with Gasteiger partial charge < -0.3 is 4.74 Å². The average molecular weight is 218 g/mol. The first-order valence-corrected chi connectivity index (χ1v) is 3.83. The summed E-state index contributed by atoms with van der Waals surface area (Å²) in [5.41, 5.74) is -0.125. The van der Waals surface area contributed by atoms with Crippen LogP contribution in [0, 0.1) is 0 Å². The molecule has 0 spiro atoms. The highest BCUT2D eigenvalue weighted by molar-refractivity contribution is 5.79.